The molecule has 1 unspecified atom stereocenters. The van der Waals surface area contributed by atoms with Crippen LogP contribution in [0.1, 0.15) is 25.8 Å². The number of benzene rings is 1. The molecule has 4 nitrogen and oxygen atoms in total. The lowest BCUT2D eigenvalue weighted by Gasteiger charge is -2.41. The predicted molar refractivity (Wildman–Crippen MR) is 77.0 cm³/mol. The van der Waals surface area contributed by atoms with E-state index in [0.29, 0.717) is 25.1 Å². The van der Waals surface area contributed by atoms with Gasteiger partial charge in [0.1, 0.15) is 5.82 Å². The monoisotopic (exact) mass is 300 g/mol. The summed E-state index contributed by atoms with van der Waals surface area (Å²) in [7, 11) is -3.44. The number of hydrogen-bond acceptors (Lipinski definition) is 3. The molecule has 20 heavy (non-hydrogen) atoms. The lowest BCUT2D eigenvalue weighted by Crippen LogP contribution is -2.54. The Morgan fingerprint density at radius 1 is 1.45 bits per heavy atom. The molecule has 2 rings (SSSR count). The van der Waals surface area contributed by atoms with E-state index in [0.717, 1.165) is 0 Å². The number of nitrogens with two attached hydrogens (primary N) is 1. The molecule has 1 aromatic rings. The van der Waals surface area contributed by atoms with Crippen molar-refractivity contribution in [3.05, 3.63) is 35.6 Å². The average molecular weight is 300 g/mol. The van der Waals surface area contributed by atoms with Crippen LogP contribution in [0.4, 0.5) is 4.39 Å². The van der Waals surface area contributed by atoms with E-state index in [1.54, 1.807) is 6.07 Å². The van der Waals surface area contributed by atoms with Crippen LogP contribution in [-0.2, 0) is 15.8 Å². The molecule has 0 aromatic heterocycles. The summed E-state index contributed by atoms with van der Waals surface area (Å²) >= 11 is 0. The zero-order valence-electron chi connectivity index (χ0n) is 11.8. The Kier molecular flexibility index (Phi) is 4.18. The molecule has 1 saturated heterocycles. The van der Waals surface area contributed by atoms with Crippen LogP contribution in [0.5, 0.6) is 0 Å². The third-order valence-corrected chi connectivity index (χ3v) is 5.71. The van der Waals surface area contributed by atoms with E-state index in [9.17, 15) is 12.8 Å². The fourth-order valence-electron chi connectivity index (χ4n) is 2.49. The first-order chi connectivity index (χ1) is 9.21. The Morgan fingerprint density at radius 2 is 2.15 bits per heavy atom. The lowest BCUT2D eigenvalue weighted by atomic mass is 9.81. The second-order valence-electron chi connectivity index (χ2n) is 6.10. The molecule has 1 heterocycles. The third-order valence-electron chi connectivity index (χ3n) is 3.91. The van der Waals surface area contributed by atoms with E-state index in [2.05, 4.69) is 0 Å². The minimum atomic E-state index is -3.44. The number of halogens is 1. The van der Waals surface area contributed by atoms with Crippen LogP contribution in [0.25, 0.3) is 0 Å². The minimum Gasteiger partial charge on any atom is -0.327 e. The summed E-state index contributed by atoms with van der Waals surface area (Å²) in [5.41, 5.74) is 6.25. The highest BCUT2D eigenvalue weighted by molar-refractivity contribution is 7.88. The molecule has 0 amide bonds. The third kappa shape index (κ3) is 3.37. The first-order valence-corrected chi connectivity index (χ1v) is 8.29. The standard InChI is InChI=1S/C14H21FN2O2S/c1-14(2)10-17(7-6-13(14)16)20(18,19)9-11-4-3-5-12(15)8-11/h3-5,8,13H,6-7,9-10,16H2,1-2H3. The van der Waals surface area contributed by atoms with E-state index in [1.807, 2.05) is 13.8 Å². The van der Waals surface area contributed by atoms with Crippen molar-refractivity contribution < 1.29 is 12.8 Å². The van der Waals surface area contributed by atoms with Gasteiger partial charge in [-0.3, -0.25) is 0 Å². The van der Waals surface area contributed by atoms with Crippen molar-refractivity contribution in [1.29, 1.82) is 0 Å². The van der Waals surface area contributed by atoms with Gasteiger partial charge in [-0.2, -0.15) is 0 Å². The molecule has 1 atom stereocenters. The Hall–Kier alpha value is -0.980. The molecule has 6 heteroatoms. The van der Waals surface area contributed by atoms with Crippen LogP contribution in [0.3, 0.4) is 0 Å². The smallest absolute Gasteiger partial charge is 0.218 e. The quantitative estimate of drug-likeness (QED) is 0.924. The maximum absolute atomic E-state index is 13.1. The van der Waals surface area contributed by atoms with Crippen LogP contribution in [0, 0.1) is 11.2 Å². The molecular formula is C14H21FN2O2S. The molecular weight excluding hydrogens is 279 g/mol. The minimum absolute atomic E-state index is 0.00289. The SMILES string of the molecule is CC1(C)CN(S(=O)(=O)Cc2cccc(F)c2)CCC1N. The van der Waals surface area contributed by atoms with E-state index in [1.165, 1.54) is 22.5 Å². The van der Waals surface area contributed by atoms with E-state index >= 15 is 0 Å². The van der Waals surface area contributed by atoms with Gasteiger partial charge >= 0.3 is 0 Å². The van der Waals surface area contributed by atoms with Crippen LogP contribution >= 0.6 is 0 Å². The van der Waals surface area contributed by atoms with Crippen molar-refractivity contribution in [2.45, 2.75) is 32.1 Å². The Labute approximate surface area is 119 Å². The summed E-state index contributed by atoms with van der Waals surface area (Å²) in [6.45, 7) is 4.79. The second kappa shape index (κ2) is 5.42. The molecule has 1 aromatic carbocycles. The largest absolute Gasteiger partial charge is 0.327 e. The van der Waals surface area contributed by atoms with Gasteiger partial charge in [-0.25, -0.2) is 17.1 Å². The van der Waals surface area contributed by atoms with Crippen molar-refractivity contribution in [3.63, 3.8) is 0 Å². The molecule has 0 radical (unpaired) electrons. The molecule has 1 aliphatic rings. The number of nitrogens with zero attached hydrogens (tertiary/aromatic N) is 1. The van der Waals surface area contributed by atoms with E-state index in [4.69, 9.17) is 5.73 Å². The van der Waals surface area contributed by atoms with Gasteiger partial charge < -0.3 is 5.73 Å². The zero-order chi connectivity index (χ0) is 15.0. The summed E-state index contributed by atoms with van der Waals surface area (Å²) in [5, 5.41) is 0. The Morgan fingerprint density at radius 3 is 2.75 bits per heavy atom. The van der Waals surface area contributed by atoms with Gasteiger partial charge in [-0.1, -0.05) is 26.0 Å². The molecule has 0 saturated carbocycles. The highest BCUT2D eigenvalue weighted by Crippen LogP contribution is 2.30. The Bertz CT molecular complexity index is 587. The summed E-state index contributed by atoms with van der Waals surface area (Å²) in [6, 6.07) is 5.72. The van der Waals surface area contributed by atoms with Crippen LogP contribution < -0.4 is 5.73 Å². The number of piperidine rings is 1. The van der Waals surface area contributed by atoms with E-state index < -0.39 is 15.8 Å². The van der Waals surface area contributed by atoms with Gasteiger partial charge in [0.25, 0.3) is 0 Å². The van der Waals surface area contributed by atoms with Gasteiger partial charge in [0, 0.05) is 19.1 Å². The van der Waals surface area contributed by atoms with Crippen molar-refractivity contribution in [3.8, 4) is 0 Å². The van der Waals surface area contributed by atoms with Crippen molar-refractivity contribution in [1.82, 2.24) is 4.31 Å². The summed E-state index contributed by atoms with van der Waals surface area (Å²) in [5.74, 6) is -0.588. The summed E-state index contributed by atoms with van der Waals surface area (Å²) in [6.07, 6.45) is 0.648. The second-order valence-corrected chi connectivity index (χ2v) is 8.07. The molecule has 112 valence electrons. The summed E-state index contributed by atoms with van der Waals surface area (Å²) < 4.78 is 39.5. The van der Waals surface area contributed by atoms with Crippen LogP contribution in [0.15, 0.2) is 24.3 Å². The van der Waals surface area contributed by atoms with Gasteiger partial charge in [0.05, 0.1) is 5.75 Å². The maximum Gasteiger partial charge on any atom is 0.218 e. The van der Waals surface area contributed by atoms with Crippen molar-refractivity contribution >= 4 is 10.0 Å². The number of sulfonamides is 1. The fourth-order valence-corrected chi connectivity index (χ4v) is 4.19. The molecule has 1 fully saturated rings. The molecule has 2 N–H and O–H groups in total. The highest BCUT2D eigenvalue weighted by Gasteiger charge is 2.38. The number of rotatable bonds is 3. The molecule has 0 spiro atoms. The average Bonchev–Trinajstić information content (AvgIpc) is 2.32. The van der Waals surface area contributed by atoms with Crippen LogP contribution in [-0.4, -0.2) is 31.9 Å². The molecule has 1 aliphatic heterocycles. The first kappa shape index (κ1) is 15.4. The Balaban J connectivity index is 2.15. The van der Waals surface area contributed by atoms with Gasteiger partial charge in [-0.05, 0) is 29.5 Å². The lowest BCUT2D eigenvalue weighted by molar-refractivity contribution is 0.155. The molecule has 0 aliphatic carbocycles. The summed E-state index contributed by atoms with van der Waals surface area (Å²) in [4.78, 5) is 0. The zero-order valence-corrected chi connectivity index (χ0v) is 12.7. The highest BCUT2D eigenvalue weighted by atomic mass is 32.2. The predicted octanol–water partition coefficient (Wildman–Crippen LogP) is 1.71. The van der Waals surface area contributed by atoms with Gasteiger partial charge in [-0.15, -0.1) is 0 Å². The van der Waals surface area contributed by atoms with Crippen LogP contribution in [0.2, 0.25) is 0 Å². The fraction of sp³-hybridized carbons (Fsp3) is 0.571. The normalized spacial score (nSPS) is 23.7. The van der Waals surface area contributed by atoms with Crippen molar-refractivity contribution in [2.24, 2.45) is 11.1 Å². The van der Waals surface area contributed by atoms with Gasteiger partial charge in [0.15, 0.2) is 0 Å². The molecule has 0 bridgehead atoms. The first-order valence-electron chi connectivity index (χ1n) is 6.68. The number of hydrogen-bond donors (Lipinski definition) is 1. The van der Waals surface area contributed by atoms with Gasteiger partial charge in [0.2, 0.25) is 10.0 Å². The maximum atomic E-state index is 13.1. The topological polar surface area (TPSA) is 63.4 Å². The van der Waals surface area contributed by atoms with E-state index in [-0.39, 0.29) is 17.2 Å². The van der Waals surface area contributed by atoms with Crippen molar-refractivity contribution in [2.75, 3.05) is 13.1 Å².